The van der Waals surface area contributed by atoms with E-state index in [1.807, 2.05) is 31.0 Å². The van der Waals surface area contributed by atoms with Crippen molar-refractivity contribution in [2.24, 2.45) is 0 Å². The number of carbonyl (C=O) groups is 1. The van der Waals surface area contributed by atoms with E-state index in [1.165, 1.54) is 0 Å². The summed E-state index contributed by atoms with van der Waals surface area (Å²) in [6.45, 7) is 2.68. The van der Waals surface area contributed by atoms with Crippen molar-refractivity contribution in [3.05, 3.63) is 46.9 Å². The number of likely N-dealkylation sites (N-methyl/N-ethyl adjacent to an activating group) is 1. The van der Waals surface area contributed by atoms with Crippen LogP contribution in [0.2, 0.25) is 5.02 Å². The Kier molecular flexibility index (Phi) is 5.46. The van der Waals surface area contributed by atoms with Gasteiger partial charge in [0.25, 0.3) is 0 Å². The standard InChI is InChI=1S/C16H19ClN2O3/c1-11-7-14(15(21-3)8-13(11)17)18-16(20)10-19(2)9-12-5-4-6-22-12/h4-8H,9-10H2,1-3H3,(H,18,20). The fourth-order valence-electron chi connectivity index (χ4n) is 2.09. The molecule has 22 heavy (non-hydrogen) atoms. The number of hydrogen-bond donors (Lipinski definition) is 1. The van der Waals surface area contributed by atoms with Gasteiger partial charge in [-0.25, -0.2) is 0 Å². The number of hydrogen-bond acceptors (Lipinski definition) is 4. The van der Waals surface area contributed by atoms with Crippen molar-refractivity contribution in [1.82, 2.24) is 4.90 Å². The van der Waals surface area contributed by atoms with Gasteiger partial charge in [0.15, 0.2) is 0 Å². The first-order chi connectivity index (χ1) is 10.5. The number of aryl methyl sites for hydroxylation is 1. The summed E-state index contributed by atoms with van der Waals surface area (Å²) < 4.78 is 10.5. The van der Waals surface area contributed by atoms with Crippen molar-refractivity contribution in [2.75, 3.05) is 26.0 Å². The van der Waals surface area contributed by atoms with Crippen LogP contribution in [0, 0.1) is 6.92 Å². The second-order valence-corrected chi connectivity index (χ2v) is 5.51. The molecule has 0 radical (unpaired) electrons. The van der Waals surface area contributed by atoms with E-state index < -0.39 is 0 Å². The van der Waals surface area contributed by atoms with Gasteiger partial charge in [-0.1, -0.05) is 11.6 Å². The fourth-order valence-corrected chi connectivity index (χ4v) is 2.24. The van der Waals surface area contributed by atoms with Gasteiger partial charge in [0, 0.05) is 11.1 Å². The number of rotatable bonds is 6. The lowest BCUT2D eigenvalue weighted by Crippen LogP contribution is -2.29. The average molecular weight is 323 g/mol. The Balaban J connectivity index is 1.98. The molecule has 1 amide bonds. The molecule has 1 N–H and O–H groups in total. The lowest BCUT2D eigenvalue weighted by molar-refractivity contribution is -0.117. The summed E-state index contributed by atoms with van der Waals surface area (Å²) in [6.07, 6.45) is 1.62. The van der Waals surface area contributed by atoms with Gasteiger partial charge in [0.05, 0.1) is 32.1 Å². The predicted octanol–water partition coefficient (Wildman–Crippen LogP) is 3.32. The molecule has 0 saturated heterocycles. The van der Waals surface area contributed by atoms with Gasteiger partial charge in [-0.2, -0.15) is 0 Å². The zero-order chi connectivity index (χ0) is 16.1. The summed E-state index contributed by atoms with van der Waals surface area (Å²) in [5, 5.41) is 3.45. The smallest absolute Gasteiger partial charge is 0.238 e. The molecule has 1 aromatic carbocycles. The zero-order valence-corrected chi connectivity index (χ0v) is 13.6. The van der Waals surface area contributed by atoms with Crippen LogP contribution in [0.1, 0.15) is 11.3 Å². The second kappa shape index (κ2) is 7.33. The molecule has 2 rings (SSSR count). The van der Waals surface area contributed by atoms with Gasteiger partial charge in [-0.15, -0.1) is 0 Å². The predicted molar refractivity (Wildman–Crippen MR) is 86.4 cm³/mol. The van der Waals surface area contributed by atoms with Crippen molar-refractivity contribution < 1.29 is 13.9 Å². The number of nitrogens with one attached hydrogen (secondary N) is 1. The normalized spacial score (nSPS) is 10.8. The largest absolute Gasteiger partial charge is 0.495 e. The van der Waals surface area contributed by atoms with E-state index in [2.05, 4.69) is 5.32 Å². The number of methoxy groups -OCH3 is 1. The molecule has 0 fully saturated rings. The summed E-state index contributed by atoms with van der Waals surface area (Å²) in [4.78, 5) is 14.0. The Morgan fingerprint density at radius 2 is 2.23 bits per heavy atom. The van der Waals surface area contributed by atoms with Crippen LogP contribution in [-0.2, 0) is 11.3 Å². The molecule has 0 aliphatic carbocycles. The molecule has 0 bridgehead atoms. The number of amides is 1. The minimum atomic E-state index is -0.130. The summed E-state index contributed by atoms with van der Waals surface area (Å²) >= 11 is 6.05. The second-order valence-electron chi connectivity index (χ2n) is 5.10. The highest BCUT2D eigenvalue weighted by Gasteiger charge is 2.12. The fraction of sp³-hybridized carbons (Fsp3) is 0.312. The van der Waals surface area contributed by atoms with Crippen LogP contribution in [0.25, 0.3) is 0 Å². The van der Waals surface area contributed by atoms with Crippen LogP contribution in [0.4, 0.5) is 5.69 Å². The number of carbonyl (C=O) groups excluding carboxylic acids is 1. The lowest BCUT2D eigenvalue weighted by Gasteiger charge is -2.16. The maximum absolute atomic E-state index is 12.1. The Bertz CT molecular complexity index is 641. The molecule has 0 atom stereocenters. The molecule has 1 aromatic heterocycles. The Labute approximate surface area is 134 Å². The molecule has 1 heterocycles. The molecule has 2 aromatic rings. The number of anilines is 1. The Morgan fingerprint density at radius 3 is 2.86 bits per heavy atom. The van der Waals surface area contributed by atoms with Crippen LogP contribution >= 0.6 is 11.6 Å². The van der Waals surface area contributed by atoms with Crippen molar-refractivity contribution in [1.29, 1.82) is 0 Å². The van der Waals surface area contributed by atoms with Crippen molar-refractivity contribution >= 4 is 23.2 Å². The van der Waals surface area contributed by atoms with Crippen LogP contribution in [0.15, 0.2) is 34.9 Å². The highest BCUT2D eigenvalue weighted by atomic mass is 35.5. The Hall–Kier alpha value is -1.98. The van der Waals surface area contributed by atoms with Gasteiger partial charge in [0.1, 0.15) is 11.5 Å². The van der Waals surface area contributed by atoms with E-state index in [-0.39, 0.29) is 12.5 Å². The summed E-state index contributed by atoms with van der Waals surface area (Å²) in [5.74, 6) is 1.22. The molecular weight excluding hydrogens is 304 g/mol. The van der Waals surface area contributed by atoms with Gasteiger partial charge < -0.3 is 14.5 Å². The van der Waals surface area contributed by atoms with Crippen LogP contribution in [0.3, 0.4) is 0 Å². The van der Waals surface area contributed by atoms with Crippen LogP contribution in [-0.4, -0.2) is 31.5 Å². The lowest BCUT2D eigenvalue weighted by atomic mass is 10.2. The van der Waals surface area contributed by atoms with Crippen molar-refractivity contribution in [2.45, 2.75) is 13.5 Å². The van der Waals surface area contributed by atoms with E-state index in [0.717, 1.165) is 11.3 Å². The summed E-state index contributed by atoms with van der Waals surface area (Å²) in [6, 6.07) is 7.19. The third kappa shape index (κ3) is 4.26. The SMILES string of the molecule is COc1cc(Cl)c(C)cc1NC(=O)CN(C)Cc1ccco1. The van der Waals surface area contributed by atoms with Crippen molar-refractivity contribution in [3.8, 4) is 5.75 Å². The number of nitrogens with zero attached hydrogens (tertiary/aromatic N) is 1. The molecule has 5 nitrogen and oxygen atoms in total. The number of benzene rings is 1. The maximum Gasteiger partial charge on any atom is 0.238 e. The van der Waals surface area contributed by atoms with Crippen LogP contribution < -0.4 is 10.1 Å². The molecular formula is C16H19ClN2O3. The minimum absolute atomic E-state index is 0.130. The highest BCUT2D eigenvalue weighted by molar-refractivity contribution is 6.31. The molecule has 118 valence electrons. The van der Waals surface area contributed by atoms with E-state index in [4.69, 9.17) is 20.8 Å². The molecule has 0 spiro atoms. The van der Waals surface area contributed by atoms with E-state index in [9.17, 15) is 4.79 Å². The third-order valence-corrected chi connectivity index (χ3v) is 3.58. The summed E-state index contributed by atoms with van der Waals surface area (Å²) in [7, 11) is 3.39. The minimum Gasteiger partial charge on any atom is -0.495 e. The molecule has 0 aliphatic heterocycles. The monoisotopic (exact) mass is 322 g/mol. The first-order valence-electron chi connectivity index (χ1n) is 6.84. The Morgan fingerprint density at radius 1 is 1.45 bits per heavy atom. The molecule has 0 saturated carbocycles. The highest BCUT2D eigenvalue weighted by Crippen LogP contribution is 2.30. The molecule has 0 unspecified atom stereocenters. The quantitative estimate of drug-likeness (QED) is 0.886. The summed E-state index contributed by atoms with van der Waals surface area (Å²) in [5.41, 5.74) is 1.49. The van der Waals surface area contributed by atoms with Crippen molar-refractivity contribution in [3.63, 3.8) is 0 Å². The van der Waals surface area contributed by atoms with E-state index in [1.54, 1.807) is 25.5 Å². The van der Waals surface area contributed by atoms with Gasteiger partial charge in [-0.05, 0) is 37.7 Å². The van der Waals surface area contributed by atoms with Gasteiger partial charge in [-0.3, -0.25) is 9.69 Å². The number of furan rings is 1. The first kappa shape index (κ1) is 16.4. The number of halogens is 1. The van der Waals surface area contributed by atoms with Gasteiger partial charge in [0.2, 0.25) is 5.91 Å². The topological polar surface area (TPSA) is 54.7 Å². The first-order valence-corrected chi connectivity index (χ1v) is 7.22. The van der Waals surface area contributed by atoms with E-state index in [0.29, 0.717) is 23.0 Å². The average Bonchev–Trinajstić information content (AvgIpc) is 2.95. The van der Waals surface area contributed by atoms with E-state index >= 15 is 0 Å². The third-order valence-electron chi connectivity index (χ3n) is 3.17. The maximum atomic E-state index is 12.1. The van der Waals surface area contributed by atoms with Crippen LogP contribution in [0.5, 0.6) is 5.75 Å². The molecule has 6 heteroatoms. The zero-order valence-electron chi connectivity index (χ0n) is 12.9. The molecule has 0 aliphatic rings. The number of ether oxygens (including phenoxy) is 1. The van der Waals surface area contributed by atoms with Gasteiger partial charge >= 0.3 is 0 Å².